The van der Waals surface area contributed by atoms with Gasteiger partial charge >= 0.3 is 0 Å². The minimum absolute atomic E-state index is 0.321. The Morgan fingerprint density at radius 3 is 2.71 bits per heavy atom. The molecular weight excluding hydrogens is 218 g/mol. The largest absolute Gasteiger partial charge is 0.348 e. The van der Waals surface area contributed by atoms with Gasteiger partial charge in [0.1, 0.15) is 0 Å². The van der Waals surface area contributed by atoms with Crippen LogP contribution in [0, 0.1) is 5.92 Å². The SMILES string of the molecule is C[C@H]1CC2(CCC1N1CCCC1=O)OCCO2. The average molecular weight is 239 g/mol. The highest BCUT2D eigenvalue weighted by atomic mass is 16.7. The molecule has 96 valence electrons. The van der Waals surface area contributed by atoms with Crippen molar-refractivity contribution in [1.29, 1.82) is 0 Å². The zero-order valence-electron chi connectivity index (χ0n) is 10.5. The Labute approximate surface area is 102 Å². The number of ether oxygens (including phenoxy) is 2. The molecule has 0 aromatic rings. The average Bonchev–Trinajstić information content (AvgIpc) is 2.90. The Morgan fingerprint density at radius 1 is 1.35 bits per heavy atom. The van der Waals surface area contributed by atoms with Gasteiger partial charge in [-0.2, -0.15) is 0 Å². The first-order valence-electron chi connectivity index (χ1n) is 6.78. The molecule has 2 aliphatic heterocycles. The molecule has 0 N–H and O–H groups in total. The number of rotatable bonds is 1. The predicted octanol–water partition coefficient (Wildman–Crippen LogP) is 1.54. The van der Waals surface area contributed by atoms with Gasteiger partial charge in [-0.1, -0.05) is 6.92 Å². The Morgan fingerprint density at radius 2 is 2.12 bits per heavy atom. The van der Waals surface area contributed by atoms with Crippen LogP contribution in [-0.4, -0.2) is 42.4 Å². The minimum atomic E-state index is -0.321. The second kappa shape index (κ2) is 4.25. The number of hydrogen-bond acceptors (Lipinski definition) is 3. The highest BCUT2D eigenvalue weighted by molar-refractivity contribution is 5.78. The summed E-state index contributed by atoms with van der Waals surface area (Å²) in [5.41, 5.74) is 0. The molecule has 4 heteroatoms. The molecule has 0 bridgehead atoms. The lowest BCUT2D eigenvalue weighted by atomic mass is 9.81. The molecule has 3 aliphatic rings. The van der Waals surface area contributed by atoms with E-state index in [1.807, 2.05) is 0 Å². The number of amides is 1. The van der Waals surface area contributed by atoms with E-state index in [1.165, 1.54) is 0 Å². The van der Waals surface area contributed by atoms with Crippen LogP contribution >= 0.6 is 0 Å². The predicted molar refractivity (Wildman–Crippen MR) is 62.4 cm³/mol. The first kappa shape index (κ1) is 11.5. The molecule has 17 heavy (non-hydrogen) atoms. The Hall–Kier alpha value is -0.610. The Bertz CT molecular complexity index is 312. The van der Waals surface area contributed by atoms with Crippen molar-refractivity contribution in [2.45, 2.75) is 50.9 Å². The van der Waals surface area contributed by atoms with Crippen molar-refractivity contribution >= 4 is 5.91 Å². The third kappa shape index (κ3) is 1.97. The van der Waals surface area contributed by atoms with E-state index in [2.05, 4.69) is 11.8 Å². The van der Waals surface area contributed by atoms with Crippen LogP contribution < -0.4 is 0 Å². The molecule has 1 spiro atoms. The van der Waals surface area contributed by atoms with Crippen LogP contribution in [-0.2, 0) is 14.3 Å². The van der Waals surface area contributed by atoms with E-state index in [9.17, 15) is 4.79 Å². The molecule has 2 heterocycles. The first-order chi connectivity index (χ1) is 8.20. The number of likely N-dealkylation sites (tertiary alicyclic amines) is 1. The fourth-order valence-corrected chi connectivity index (χ4v) is 3.62. The molecule has 4 nitrogen and oxygen atoms in total. The van der Waals surface area contributed by atoms with Crippen LogP contribution in [0.15, 0.2) is 0 Å². The second-order valence-corrected chi connectivity index (χ2v) is 5.59. The van der Waals surface area contributed by atoms with Crippen LogP contribution in [0.3, 0.4) is 0 Å². The van der Waals surface area contributed by atoms with Gasteiger partial charge in [0.2, 0.25) is 5.91 Å². The molecule has 3 fully saturated rings. The normalized spacial score (nSPS) is 37.0. The van der Waals surface area contributed by atoms with Crippen LogP contribution in [0.4, 0.5) is 0 Å². The summed E-state index contributed by atoms with van der Waals surface area (Å²) in [6, 6.07) is 0.406. The fraction of sp³-hybridized carbons (Fsp3) is 0.923. The summed E-state index contributed by atoms with van der Waals surface area (Å²) in [6.07, 6.45) is 4.65. The Kier molecular flexibility index (Phi) is 2.87. The summed E-state index contributed by atoms with van der Waals surface area (Å²) in [6.45, 7) is 4.62. The highest BCUT2D eigenvalue weighted by Gasteiger charge is 2.46. The second-order valence-electron chi connectivity index (χ2n) is 5.59. The molecule has 2 saturated heterocycles. The van der Waals surface area contributed by atoms with Gasteiger partial charge in [-0.05, 0) is 18.8 Å². The third-order valence-corrected chi connectivity index (χ3v) is 4.43. The number of carbonyl (C=O) groups excluding carboxylic acids is 1. The fourth-order valence-electron chi connectivity index (χ4n) is 3.62. The van der Waals surface area contributed by atoms with Crippen LogP contribution in [0.1, 0.15) is 39.0 Å². The van der Waals surface area contributed by atoms with E-state index >= 15 is 0 Å². The molecule has 1 unspecified atom stereocenters. The van der Waals surface area contributed by atoms with Crippen molar-refractivity contribution in [2.75, 3.05) is 19.8 Å². The van der Waals surface area contributed by atoms with Gasteiger partial charge in [0.25, 0.3) is 0 Å². The lowest BCUT2D eigenvalue weighted by molar-refractivity contribution is -0.195. The van der Waals surface area contributed by atoms with Crippen LogP contribution in [0.2, 0.25) is 0 Å². The van der Waals surface area contributed by atoms with Crippen molar-refractivity contribution in [2.24, 2.45) is 5.92 Å². The maximum atomic E-state index is 11.8. The molecular formula is C13H21NO3. The minimum Gasteiger partial charge on any atom is -0.348 e. The van der Waals surface area contributed by atoms with Crippen molar-refractivity contribution < 1.29 is 14.3 Å². The Balaban J connectivity index is 1.67. The number of carbonyl (C=O) groups is 1. The smallest absolute Gasteiger partial charge is 0.222 e. The zero-order valence-corrected chi connectivity index (χ0v) is 10.5. The summed E-state index contributed by atoms with van der Waals surface area (Å²) < 4.78 is 11.5. The standard InChI is InChI=1S/C13H21NO3/c1-10-9-13(16-7-8-17-13)5-4-11(10)14-6-2-3-12(14)15/h10-11H,2-9H2,1H3/t10-,11?/m0/s1. The maximum absolute atomic E-state index is 11.8. The van der Waals surface area contributed by atoms with Gasteiger partial charge in [-0.15, -0.1) is 0 Å². The van der Waals surface area contributed by atoms with E-state index in [4.69, 9.17) is 9.47 Å². The lowest BCUT2D eigenvalue weighted by Gasteiger charge is -2.43. The maximum Gasteiger partial charge on any atom is 0.222 e. The molecule has 1 aliphatic carbocycles. The highest BCUT2D eigenvalue weighted by Crippen LogP contribution is 2.41. The van der Waals surface area contributed by atoms with Crippen molar-refractivity contribution in [3.63, 3.8) is 0 Å². The molecule has 1 amide bonds. The summed E-state index contributed by atoms with van der Waals surface area (Å²) >= 11 is 0. The summed E-state index contributed by atoms with van der Waals surface area (Å²) in [7, 11) is 0. The zero-order chi connectivity index (χ0) is 11.9. The molecule has 3 rings (SSSR count). The van der Waals surface area contributed by atoms with E-state index in [0.717, 1.165) is 51.9 Å². The van der Waals surface area contributed by atoms with Crippen LogP contribution in [0.25, 0.3) is 0 Å². The number of hydrogen-bond donors (Lipinski definition) is 0. The molecule has 0 radical (unpaired) electrons. The molecule has 0 aromatic carbocycles. The summed E-state index contributed by atoms with van der Waals surface area (Å²) in [4.78, 5) is 13.9. The molecule has 2 atom stereocenters. The quantitative estimate of drug-likeness (QED) is 0.696. The van der Waals surface area contributed by atoms with Gasteiger partial charge in [-0.25, -0.2) is 0 Å². The molecule has 0 aromatic heterocycles. The molecule has 1 saturated carbocycles. The number of nitrogens with zero attached hydrogens (tertiary/aromatic N) is 1. The summed E-state index contributed by atoms with van der Waals surface area (Å²) in [5, 5.41) is 0. The van der Waals surface area contributed by atoms with Crippen molar-refractivity contribution in [3.8, 4) is 0 Å². The van der Waals surface area contributed by atoms with E-state index in [0.29, 0.717) is 17.9 Å². The van der Waals surface area contributed by atoms with Gasteiger partial charge in [0.15, 0.2) is 5.79 Å². The van der Waals surface area contributed by atoms with E-state index < -0.39 is 0 Å². The van der Waals surface area contributed by atoms with E-state index in [1.54, 1.807) is 0 Å². The van der Waals surface area contributed by atoms with Crippen LogP contribution in [0.5, 0.6) is 0 Å². The lowest BCUT2D eigenvalue weighted by Crippen LogP contribution is -2.49. The van der Waals surface area contributed by atoms with Gasteiger partial charge in [0, 0.05) is 31.8 Å². The van der Waals surface area contributed by atoms with Gasteiger partial charge in [0.05, 0.1) is 13.2 Å². The van der Waals surface area contributed by atoms with Gasteiger partial charge in [-0.3, -0.25) is 4.79 Å². The third-order valence-electron chi connectivity index (χ3n) is 4.43. The monoisotopic (exact) mass is 239 g/mol. The van der Waals surface area contributed by atoms with E-state index in [-0.39, 0.29) is 5.79 Å². The van der Waals surface area contributed by atoms with Crippen molar-refractivity contribution in [1.82, 2.24) is 4.90 Å². The van der Waals surface area contributed by atoms with Crippen molar-refractivity contribution in [3.05, 3.63) is 0 Å². The topological polar surface area (TPSA) is 38.8 Å². The first-order valence-corrected chi connectivity index (χ1v) is 6.78. The summed E-state index contributed by atoms with van der Waals surface area (Å²) in [5.74, 6) is 0.494. The van der Waals surface area contributed by atoms with Gasteiger partial charge < -0.3 is 14.4 Å².